The van der Waals surface area contributed by atoms with Gasteiger partial charge in [-0.05, 0) is 24.6 Å². The molecule has 0 aliphatic rings. The van der Waals surface area contributed by atoms with Gasteiger partial charge in [-0.25, -0.2) is 22.7 Å². The van der Waals surface area contributed by atoms with Gasteiger partial charge in [0.05, 0.1) is 11.5 Å². The topological polar surface area (TPSA) is 209 Å². The third kappa shape index (κ3) is 9.72. The van der Waals surface area contributed by atoms with Crippen molar-refractivity contribution in [1.29, 1.82) is 0 Å². The van der Waals surface area contributed by atoms with Crippen LogP contribution in [0.15, 0.2) is 76.6 Å². The number of carbonyl (C=O) groups is 3. The molecule has 0 saturated carbocycles. The molecule has 16 nitrogen and oxygen atoms in total. The molecule has 3 rings (SSSR count). The molecule has 43 heavy (non-hydrogen) atoms. The van der Waals surface area contributed by atoms with Gasteiger partial charge in [-0.15, -0.1) is 0 Å². The molecule has 1 aromatic heterocycles. The third-order valence-corrected chi connectivity index (χ3v) is 7.13. The van der Waals surface area contributed by atoms with E-state index in [1.54, 1.807) is 31.2 Å². The highest BCUT2D eigenvalue weighted by Gasteiger charge is 2.26. The fourth-order valence-corrected chi connectivity index (χ4v) is 4.80. The molecule has 0 spiro atoms. The third-order valence-electron chi connectivity index (χ3n) is 5.63. The molecule has 0 unspecified atom stereocenters. The quantitative estimate of drug-likeness (QED) is 0.150. The molecule has 0 bridgehead atoms. The Morgan fingerprint density at radius 2 is 1.74 bits per heavy atom. The van der Waals surface area contributed by atoms with Gasteiger partial charge in [0.1, 0.15) is 25.5 Å². The molecule has 0 fully saturated rings. The number of sulfonamides is 1. The van der Waals surface area contributed by atoms with Crippen LogP contribution in [0, 0.1) is 10.1 Å². The van der Waals surface area contributed by atoms with Gasteiger partial charge in [0.15, 0.2) is 4.90 Å². The Morgan fingerprint density at radius 3 is 2.42 bits per heavy atom. The summed E-state index contributed by atoms with van der Waals surface area (Å²) >= 11 is 0. The van der Waals surface area contributed by atoms with Crippen molar-refractivity contribution in [3.05, 3.63) is 93.0 Å². The minimum absolute atomic E-state index is 0.00700. The molecular formula is C26H28N6O10S. The summed E-state index contributed by atoms with van der Waals surface area (Å²) in [5.74, 6) is -1.67. The summed E-state index contributed by atoms with van der Waals surface area (Å²) < 4.78 is 38.4. The van der Waals surface area contributed by atoms with Crippen molar-refractivity contribution in [3.8, 4) is 0 Å². The van der Waals surface area contributed by atoms with E-state index < -0.39 is 68.8 Å². The highest BCUT2D eigenvalue weighted by molar-refractivity contribution is 7.89. The van der Waals surface area contributed by atoms with Gasteiger partial charge >= 0.3 is 17.8 Å². The number of hydrogen-bond acceptors (Lipinski definition) is 11. The number of amides is 2. The Balaban J connectivity index is 1.64. The smallest absolute Gasteiger partial charge is 0.413 e. The van der Waals surface area contributed by atoms with Crippen LogP contribution in [-0.2, 0) is 42.2 Å². The molecule has 2 amide bonds. The largest absolute Gasteiger partial charge is 0.465 e. The Labute approximate surface area is 245 Å². The van der Waals surface area contributed by atoms with E-state index in [4.69, 9.17) is 9.47 Å². The predicted molar refractivity (Wildman–Crippen MR) is 150 cm³/mol. The lowest BCUT2D eigenvalue weighted by Crippen LogP contribution is -2.44. The molecule has 0 saturated heterocycles. The van der Waals surface area contributed by atoms with Crippen LogP contribution in [-0.4, -0.2) is 72.0 Å². The van der Waals surface area contributed by atoms with Gasteiger partial charge in [-0.1, -0.05) is 42.5 Å². The summed E-state index contributed by atoms with van der Waals surface area (Å²) in [7, 11) is -4.35. The average Bonchev–Trinajstić information content (AvgIpc) is 2.97. The molecule has 0 atom stereocenters. The molecule has 0 radical (unpaired) electrons. The number of rotatable bonds is 14. The first-order chi connectivity index (χ1) is 20.5. The van der Waals surface area contributed by atoms with Crippen molar-refractivity contribution < 1.29 is 37.2 Å². The van der Waals surface area contributed by atoms with E-state index in [1.165, 1.54) is 24.4 Å². The summed E-state index contributed by atoms with van der Waals surface area (Å²) in [6.45, 7) is -0.323. The van der Waals surface area contributed by atoms with Crippen molar-refractivity contribution in [2.75, 3.05) is 31.6 Å². The zero-order chi connectivity index (χ0) is 31.4. The highest BCUT2D eigenvalue weighted by Crippen LogP contribution is 2.22. The van der Waals surface area contributed by atoms with Crippen LogP contribution in [0.2, 0.25) is 0 Å². The average molecular weight is 617 g/mol. The lowest BCUT2D eigenvalue weighted by Gasteiger charge is -2.22. The summed E-state index contributed by atoms with van der Waals surface area (Å²) in [5, 5.41) is 13.5. The molecule has 2 aromatic carbocycles. The van der Waals surface area contributed by atoms with Crippen LogP contribution < -0.4 is 15.7 Å². The van der Waals surface area contributed by atoms with E-state index >= 15 is 0 Å². The highest BCUT2D eigenvalue weighted by atomic mass is 32.2. The van der Waals surface area contributed by atoms with Crippen LogP contribution >= 0.6 is 0 Å². The van der Waals surface area contributed by atoms with Gasteiger partial charge in [0.2, 0.25) is 15.9 Å². The van der Waals surface area contributed by atoms with E-state index in [1.807, 2.05) is 6.07 Å². The van der Waals surface area contributed by atoms with Crippen LogP contribution in [0.3, 0.4) is 0 Å². The lowest BCUT2D eigenvalue weighted by atomic mass is 10.2. The number of nitro groups is 1. The fraction of sp³-hybridized carbons (Fsp3) is 0.269. The Kier molecular flexibility index (Phi) is 11.4. The summed E-state index contributed by atoms with van der Waals surface area (Å²) in [4.78, 5) is 64.2. The first-order valence-corrected chi connectivity index (χ1v) is 14.2. The molecular weight excluding hydrogens is 588 g/mol. The standard InChI is InChI=1S/C26H28N6O10S/c1-2-41-24(34)17-30(15-13-27-43(39,40)21-11-7-6-10-20(21)32(37)38)23(33)16-31-14-12-22(28-25(31)35)29-26(36)42-18-19-8-4-3-5-9-19/h3-12,14,27H,2,13,15-18H2,1H3,(H,28,29,35,36). The molecule has 0 aliphatic carbocycles. The zero-order valence-electron chi connectivity index (χ0n) is 22.9. The van der Waals surface area contributed by atoms with E-state index in [9.17, 15) is 37.7 Å². The Bertz CT molecular complexity index is 1630. The second-order valence-electron chi connectivity index (χ2n) is 8.65. The van der Waals surface area contributed by atoms with Gasteiger partial charge < -0.3 is 14.4 Å². The molecule has 2 N–H and O–H groups in total. The molecule has 228 valence electrons. The number of aromatic nitrogens is 2. The fourth-order valence-electron chi connectivity index (χ4n) is 3.61. The second kappa shape index (κ2) is 15.2. The number of para-hydroxylation sites is 1. The van der Waals surface area contributed by atoms with Crippen molar-refractivity contribution in [2.45, 2.75) is 25.0 Å². The van der Waals surface area contributed by atoms with Crippen LogP contribution in [0.5, 0.6) is 0 Å². The van der Waals surface area contributed by atoms with Gasteiger partial charge in [0.25, 0.3) is 5.69 Å². The Hall–Kier alpha value is -5.16. The maximum Gasteiger partial charge on any atom is 0.413 e. The number of benzene rings is 2. The number of nitrogens with one attached hydrogen (secondary N) is 2. The summed E-state index contributed by atoms with van der Waals surface area (Å²) in [5.41, 5.74) is -0.785. The number of nitrogens with zero attached hydrogens (tertiary/aromatic N) is 4. The number of nitro benzene ring substituents is 1. The van der Waals surface area contributed by atoms with Crippen molar-refractivity contribution in [3.63, 3.8) is 0 Å². The normalized spacial score (nSPS) is 10.9. The molecule has 17 heteroatoms. The van der Waals surface area contributed by atoms with E-state index in [0.29, 0.717) is 0 Å². The van der Waals surface area contributed by atoms with Gasteiger partial charge in [0, 0.05) is 25.4 Å². The summed E-state index contributed by atoms with van der Waals surface area (Å²) in [6.07, 6.45) is 0.341. The number of carbonyl (C=O) groups excluding carboxylic acids is 3. The van der Waals surface area contributed by atoms with Gasteiger partial charge in [-0.3, -0.25) is 29.6 Å². The zero-order valence-corrected chi connectivity index (χ0v) is 23.7. The second-order valence-corrected chi connectivity index (χ2v) is 10.4. The maximum absolute atomic E-state index is 13.0. The van der Waals surface area contributed by atoms with Gasteiger partial charge in [-0.2, -0.15) is 4.98 Å². The first-order valence-electron chi connectivity index (χ1n) is 12.7. The molecule has 3 aromatic rings. The van der Waals surface area contributed by atoms with E-state index in [2.05, 4.69) is 15.0 Å². The van der Waals surface area contributed by atoms with Crippen molar-refractivity contribution >= 4 is 39.5 Å². The molecule has 0 aliphatic heterocycles. The monoisotopic (exact) mass is 616 g/mol. The molecule has 1 heterocycles. The predicted octanol–water partition coefficient (Wildman–Crippen LogP) is 1.27. The number of ether oxygens (including phenoxy) is 2. The maximum atomic E-state index is 13.0. The Morgan fingerprint density at radius 1 is 1.05 bits per heavy atom. The number of esters is 1. The number of hydrogen-bond donors (Lipinski definition) is 2. The van der Waals surface area contributed by atoms with Crippen LogP contribution in [0.1, 0.15) is 12.5 Å². The minimum Gasteiger partial charge on any atom is -0.465 e. The SMILES string of the molecule is CCOC(=O)CN(CCNS(=O)(=O)c1ccccc1[N+](=O)[O-])C(=O)Cn1ccc(NC(=O)OCc2ccccc2)nc1=O. The lowest BCUT2D eigenvalue weighted by molar-refractivity contribution is -0.387. The first kappa shape index (κ1) is 32.4. The van der Waals surface area contributed by atoms with E-state index in [0.717, 1.165) is 27.2 Å². The van der Waals surface area contributed by atoms with Crippen LogP contribution in [0.4, 0.5) is 16.3 Å². The van der Waals surface area contributed by atoms with E-state index in [-0.39, 0.29) is 25.6 Å². The summed E-state index contributed by atoms with van der Waals surface area (Å²) in [6, 6.07) is 14.9. The van der Waals surface area contributed by atoms with Crippen molar-refractivity contribution in [2.24, 2.45) is 0 Å². The van der Waals surface area contributed by atoms with Crippen molar-refractivity contribution in [1.82, 2.24) is 19.2 Å². The minimum atomic E-state index is -4.35. The number of anilines is 1. The van der Waals surface area contributed by atoms with Crippen LogP contribution in [0.25, 0.3) is 0 Å².